The van der Waals surface area contributed by atoms with Crippen LogP contribution in [0, 0.1) is 0 Å². The van der Waals surface area contributed by atoms with Crippen molar-refractivity contribution in [1.29, 1.82) is 0 Å². The first-order valence-corrected chi connectivity index (χ1v) is 11.6. The smallest absolute Gasteiger partial charge is 0.412 e. The SMILES string of the molecule is CCO[C@@H](CCOC(=O)CS)[C@@H](OC(=O)Nc1ccc2c(c1)OCO2)c1cc(Br)ccc1O. The van der Waals surface area contributed by atoms with Crippen molar-refractivity contribution in [3.05, 3.63) is 46.4 Å². The van der Waals surface area contributed by atoms with E-state index in [1.54, 1.807) is 37.3 Å². The fraction of sp³-hybridized carbons (Fsp3) is 0.364. The molecule has 0 unspecified atom stereocenters. The lowest BCUT2D eigenvalue weighted by atomic mass is 10.0. The highest BCUT2D eigenvalue weighted by molar-refractivity contribution is 9.10. The molecule has 2 atom stereocenters. The third-order valence-electron chi connectivity index (χ3n) is 4.66. The van der Waals surface area contributed by atoms with E-state index in [0.717, 1.165) is 0 Å². The van der Waals surface area contributed by atoms with E-state index in [2.05, 4.69) is 33.9 Å². The van der Waals surface area contributed by atoms with Gasteiger partial charge in [0.2, 0.25) is 6.79 Å². The van der Waals surface area contributed by atoms with Gasteiger partial charge in [-0.3, -0.25) is 10.1 Å². The van der Waals surface area contributed by atoms with Gasteiger partial charge < -0.3 is 28.8 Å². The second kappa shape index (κ2) is 12.0. The van der Waals surface area contributed by atoms with Crippen molar-refractivity contribution in [2.24, 2.45) is 0 Å². The number of carbonyl (C=O) groups excluding carboxylic acids is 2. The van der Waals surface area contributed by atoms with Gasteiger partial charge >= 0.3 is 12.1 Å². The molecule has 0 radical (unpaired) electrons. The van der Waals surface area contributed by atoms with Crippen LogP contribution < -0.4 is 14.8 Å². The number of hydrogen-bond donors (Lipinski definition) is 3. The number of carbonyl (C=O) groups is 2. The summed E-state index contributed by atoms with van der Waals surface area (Å²) in [5.41, 5.74) is 0.779. The van der Waals surface area contributed by atoms with Crippen LogP contribution in [-0.4, -0.2) is 49.0 Å². The molecule has 0 fully saturated rings. The van der Waals surface area contributed by atoms with Gasteiger partial charge in [-0.15, -0.1) is 0 Å². The lowest BCUT2D eigenvalue weighted by Gasteiger charge is -2.28. The Morgan fingerprint density at radius 2 is 2.00 bits per heavy atom. The van der Waals surface area contributed by atoms with E-state index < -0.39 is 24.3 Å². The largest absolute Gasteiger partial charge is 0.508 e. The highest BCUT2D eigenvalue weighted by Gasteiger charge is 2.31. The molecule has 9 nitrogen and oxygen atoms in total. The zero-order chi connectivity index (χ0) is 23.8. The molecule has 0 aliphatic carbocycles. The molecule has 0 bridgehead atoms. The lowest BCUT2D eigenvalue weighted by molar-refractivity contribution is -0.142. The van der Waals surface area contributed by atoms with E-state index in [-0.39, 0.29) is 31.3 Å². The summed E-state index contributed by atoms with van der Waals surface area (Å²) in [6.45, 7) is 2.24. The zero-order valence-electron chi connectivity index (χ0n) is 17.8. The number of thiol groups is 1. The molecular formula is C22H24BrNO8S. The van der Waals surface area contributed by atoms with Gasteiger partial charge in [-0.2, -0.15) is 12.6 Å². The lowest BCUT2D eigenvalue weighted by Crippen LogP contribution is -2.30. The molecule has 2 aromatic carbocycles. The van der Waals surface area contributed by atoms with Crippen molar-refractivity contribution in [3.63, 3.8) is 0 Å². The molecular weight excluding hydrogens is 518 g/mol. The average molecular weight is 542 g/mol. The van der Waals surface area contributed by atoms with Gasteiger partial charge in [0.25, 0.3) is 0 Å². The monoisotopic (exact) mass is 541 g/mol. The zero-order valence-corrected chi connectivity index (χ0v) is 20.3. The third-order valence-corrected chi connectivity index (χ3v) is 5.41. The topological polar surface area (TPSA) is 113 Å². The first-order chi connectivity index (χ1) is 15.9. The van der Waals surface area contributed by atoms with Gasteiger partial charge in [0.05, 0.1) is 12.4 Å². The summed E-state index contributed by atoms with van der Waals surface area (Å²) in [7, 11) is 0. The predicted molar refractivity (Wildman–Crippen MR) is 126 cm³/mol. The number of halogens is 1. The van der Waals surface area contributed by atoms with Crippen LogP contribution in [0.25, 0.3) is 0 Å². The first kappa shape index (κ1) is 25.0. The number of phenols is 1. The summed E-state index contributed by atoms with van der Waals surface area (Å²) in [5.74, 6) is 0.488. The van der Waals surface area contributed by atoms with Crippen molar-refractivity contribution in [2.45, 2.75) is 25.6 Å². The number of rotatable bonds is 10. The maximum absolute atomic E-state index is 12.8. The Bertz CT molecular complexity index is 989. The minimum absolute atomic E-state index is 0.0302. The Morgan fingerprint density at radius 3 is 2.76 bits per heavy atom. The molecule has 0 aromatic heterocycles. The minimum Gasteiger partial charge on any atom is -0.508 e. The molecule has 0 saturated heterocycles. The summed E-state index contributed by atoms with van der Waals surface area (Å²) < 4.78 is 27.9. The van der Waals surface area contributed by atoms with Gasteiger partial charge in [0.15, 0.2) is 17.6 Å². The van der Waals surface area contributed by atoms with Crippen LogP contribution in [0.4, 0.5) is 10.5 Å². The molecule has 0 spiro atoms. The maximum atomic E-state index is 12.8. The number of nitrogens with one attached hydrogen (secondary N) is 1. The van der Waals surface area contributed by atoms with Crippen molar-refractivity contribution >= 4 is 46.3 Å². The quantitative estimate of drug-likeness (QED) is 0.299. The van der Waals surface area contributed by atoms with Crippen molar-refractivity contribution in [2.75, 3.05) is 31.1 Å². The van der Waals surface area contributed by atoms with Crippen molar-refractivity contribution < 1.29 is 38.4 Å². The molecule has 178 valence electrons. The van der Waals surface area contributed by atoms with E-state index in [9.17, 15) is 14.7 Å². The van der Waals surface area contributed by atoms with Gasteiger partial charge in [-0.25, -0.2) is 4.79 Å². The van der Waals surface area contributed by atoms with Gasteiger partial charge in [-0.05, 0) is 37.3 Å². The number of ether oxygens (including phenoxy) is 5. The molecule has 33 heavy (non-hydrogen) atoms. The van der Waals surface area contributed by atoms with Gasteiger partial charge in [-0.1, -0.05) is 15.9 Å². The van der Waals surface area contributed by atoms with Gasteiger partial charge in [0.1, 0.15) is 11.9 Å². The number of anilines is 1. The molecule has 3 rings (SSSR count). The number of phenolic OH excluding ortho intramolecular Hbond substituents is 1. The maximum Gasteiger partial charge on any atom is 0.412 e. The van der Waals surface area contributed by atoms with Crippen LogP contribution in [0.3, 0.4) is 0 Å². The predicted octanol–water partition coefficient (Wildman–Crippen LogP) is 4.44. The highest BCUT2D eigenvalue weighted by atomic mass is 79.9. The van der Waals surface area contributed by atoms with E-state index in [0.29, 0.717) is 33.8 Å². The van der Waals surface area contributed by atoms with Crippen LogP contribution in [0.5, 0.6) is 17.2 Å². The Hall–Kier alpha value is -2.63. The molecule has 1 aliphatic rings. The highest BCUT2D eigenvalue weighted by Crippen LogP contribution is 2.36. The fourth-order valence-corrected chi connectivity index (χ4v) is 3.67. The number of aromatic hydroxyl groups is 1. The van der Waals surface area contributed by atoms with Crippen LogP contribution in [-0.2, 0) is 19.0 Å². The Morgan fingerprint density at radius 1 is 1.21 bits per heavy atom. The first-order valence-electron chi connectivity index (χ1n) is 10.1. The summed E-state index contributed by atoms with van der Waals surface area (Å²) in [6.07, 6.45) is -2.24. The normalized spacial score (nSPS) is 13.8. The Balaban J connectivity index is 1.79. The number of hydrogen-bond acceptors (Lipinski definition) is 9. The third kappa shape index (κ3) is 6.92. The minimum atomic E-state index is -0.994. The Labute approximate surface area is 204 Å². The van der Waals surface area contributed by atoms with E-state index in [1.165, 1.54) is 6.07 Å². The summed E-state index contributed by atoms with van der Waals surface area (Å²) in [6, 6.07) is 9.72. The van der Waals surface area contributed by atoms with Crippen LogP contribution in [0.15, 0.2) is 40.9 Å². The van der Waals surface area contributed by atoms with Crippen LogP contribution >= 0.6 is 28.6 Å². The van der Waals surface area contributed by atoms with Crippen LogP contribution in [0.1, 0.15) is 25.0 Å². The average Bonchev–Trinajstić information content (AvgIpc) is 3.26. The van der Waals surface area contributed by atoms with E-state index in [1.807, 2.05) is 0 Å². The van der Waals surface area contributed by atoms with Gasteiger partial charge in [0, 0.05) is 34.8 Å². The molecule has 1 aliphatic heterocycles. The number of amides is 1. The standard InChI is InChI=1S/C22H24BrNO8S/c1-2-28-18(7-8-29-20(26)11-33)21(15-9-13(23)3-5-16(15)25)32-22(27)24-14-4-6-17-19(10-14)31-12-30-17/h3-6,9-10,18,21,25,33H,2,7-8,11-12H2,1H3,(H,24,27)/t18-,21-/m0/s1. The van der Waals surface area contributed by atoms with Crippen LogP contribution in [0.2, 0.25) is 0 Å². The molecule has 1 amide bonds. The number of fused-ring (bicyclic) bond motifs is 1. The summed E-state index contributed by atoms with van der Waals surface area (Å²) in [4.78, 5) is 24.2. The molecule has 2 N–H and O–H groups in total. The second-order valence-electron chi connectivity index (χ2n) is 6.88. The summed E-state index contributed by atoms with van der Waals surface area (Å²) in [5, 5.41) is 13.1. The van der Waals surface area contributed by atoms with E-state index in [4.69, 9.17) is 23.7 Å². The molecule has 11 heteroatoms. The van der Waals surface area contributed by atoms with Crippen molar-refractivity contribution in [1.82, 2.24) is 0 Å². The number of benzene rings is 2. The number of esters is 1. The van der Waals surface area contributed by atoms with Crippen molar-refractivity contribution in [3.8, 4) is 17.2 Å². The Kier molecular flexibility index (Phi) is 9.10. The molecule has 1 heterocycles. The molecule has 2 aromatic rings. The van der Waals surface area contributed by atoms with E-state index >= 15 is 0 Å². The second-order valence-corrected chi connectivity index (χ2v) is 8.12. The fourth-order valence-electron chi connectivity index (χ4n) is 3.20. The molecule has 0 saturated carbocycles. The summed E-state index contributed by atoms with van der Waals surface area (Å²) >= 11 is 7.25.